The molecule has 112 valence electrons. The van der Waals surface area contributed by atoms with Gasteiger partial charge in [0.2, 0.25) is 15.9 Å². The largest absolute Gasteiger partial charge is 0.370 e. The van der Waals surface area contributed by atoms with E-state index in [4.69, 9.17) is 0 Å². The van der Waals surface area contributed by atoms with Crippen molar-refractivity contribution >= 4 is 21.7 Å². The van der Waals surface area contributed by atoms with Crippen molar-refractivity contribution in [2.45, 2.75) is 25.2 Å². The maximum atomic E-state index is 12.0. The number of hydrogen-bond acceptors (Lipinski definition) is 5. The second kappa shape index (κ2) is 7.81. The van der Waals surface area contributed by atoms with Gasteiger partial charge in [-0.3, -0.25) is 4.79 Å². The molecule has 0 aliphatic rings. The van der Waals surface area contributed by atoms with Gasteiger partial charge in [0.15, 0.2) is 0 Å². The predicted octanol–water partition coefficient (Wildman–Crippen LogP) is 0.318. The minimum absolute atomic E-state index is 0.0791. The zero-order valence-electron chi connectivity index (χ0n) is 11.6. The predicted molar refractivity (Wildman–Crippen MR) is 76.9 cm³/mol. The molecule has 1 aromatic rings. The van der Waals surface area contributed by atoms with E-state index in [1.807, 2.05) is 6.92 Å². The molecule has 0 saturated carbocycles. The summed E-state index contributed by atoms with van der Waals surface area (Å²) in [5, 5.41) is 5.53. The van der Waals surface area contributed by atoms with Crippen LogP contribution in [-0.4, -0.2) is 38.9 Å². The van der Waals surface area contributed by atoms with Gasteiger partial charge in [0.1, 0.15) is 5.82 Å². The highest BCUT2D eigenvalue weighted by atomic mass is 32.2. The standard InChI is InChI=1S/C12H20N4O3S/c1-3-6-14-11-8-10(5-7-15-11)20(18,19)16-9-12(17)13-4-2/h5,7-8,16H,3-4,6,9H2,1-2H3,(H,13,17)(H,14,15). The number of nitrogens with zero attached hydrogens (tertiary/aromatic N) is 1. The van der Waals surface area contributed by atoms with Crippen molar-refractivity contribution in [2.75, 3.05) is 25.0 Å². The topological polar surface area (TPSA) is 100 Å². The molecule has 1 heterocycles. The van der Waals surface area contributed by atoms with Crippen LogP contribution in [0, 0.1) is 0 Å². The average Bonchev–Trinajstić information content (AvgIpc) is 2.44. The number of pyridine rings is 1. The molecule has 1 rings (SSSR count). The first-order chi connectivity index (χ1) is 9.49. The second-order valence-electron chi connectivity index (χ2n) is 4.08. The molecule has 0 aromatic carbocycles. The molecular formula is C12H20N4O3S. The number of amides is 1. The van der Waals surface area contributed by atoms with E-state index in [-0.39, 0.29) is 17.3 Å². The Balaban J connectivity index is 2.74. The van der Waals surface area contributed by atoms with Crippen LogP contribution >= 0.6 is 0 Å². The Labute approximate surface area is 119 Å². The van der Waals surface area contributed by atoms with Crippen LogP contribution < -0.4 is 15.4 Å². The fraction of sp³-hybridized carbons (Fsp3) is 0.500. The van der Waals surface area contributed by atoms with Gasteiger partial charge in [-0.1, -0.05) is 6.92 Å². The molecule has 20 heavy (non-hydrogen) atoms. The van der Waals surface area contributed by atoms with E-state index in [1.54, 1.807) is 6.92 Å². The number of likely N-dealkylation sites (N-methyl/N-ethyl adjacent to an activating group) is 1. The first-order valence-corrected chi connectivity index (χ1v) is 7.94. The summed E-state index contributed by atoms with van der Waals surface area (Å²) < 4.78 is 26.3. The normalized spacial score (nSPS) is 11.1. The molecule has 0 fully saturated rings. The van der Waals surface area contributed by atoms with Crippen LogP contribution in [0.15, 0.2) is 23.2 Å². The smallest absolute Gasteiger partial charge is 0.241 e. The lowest BCUT2D eigenvalue weighted by Crippen LogP contribution is -2.36. The Morgan fingerprint density at radius 1 is 1.35 bits per heavy atom. The van der Waals surface area contributed by atoms with Crippen LogP contribution in [0.1, 0.15) is 20.3 Å². The summed E-state index contributed by atoms with van der Waals surface area (Å²) in [7, 11) is -3.71. The van der Waals surface area contributed by atoms with Gasteiger partial charge >= 0.3 is 0 Å². The van der Waals surface area contributed by atoms with Crippen molar-refractivity contribution in [2.24, 2.45) is 0 Å². The number of sulfonamides is 1. The van der Waals surface area contributed by atoms with E-state index in [9.17, 15) is 13.2 Å². The van der Waals surface area contributed by atoms with Gasteiger partial charge in [-0.15, -0.1) is 0 Å². The highest BCUT2D eigenvalue weighted by Gasteiger charge is 2.15. The molecule has 0 aliphatic heterocycles. The van der Waals surface area contributed by atoms with Crippen LogP contribution in [0.2, 0.25) is 0 Å². The molecule has 3 N–H and O–H groups in total. The van der Waals surface area contributed by atoms with Gasteiger partial charge in [0, 0.05) is 25.4 Å². The first-order valence-electron chi connectivity index (χ1n) is 6.46. The van der Waals surface area contributed by atoms with Gasteiger partial charge in [-0.25, -0.2) is 18.1 Å². The summed E-state index contributed by atoms with van der Waals surface area (Å²) in [5.41, 5.74) is 0. The monoisotopic (exact) mass is 300 g/mol. The number of hydrogen-bond donors (Lipinski definition) is 3. The number of anilines is 1. The summed E-state index contributed by atoms with van der Waals surface area (Å²) >= 11 is 0. The lowest BCUT2D eigenvalue weighted by atomic mass is 10.4. The van der Waals surface area contributed by atoms with Crippen molar-refractivity contribution < 1.29 is 13.2 Å². The molecule has 0 bridgehead atoms. The maximum absolute atomic E-state index is 12.0. The lowest BCUT2D eigenvalue weighted by Gasteiger charge is -2.08. The number of carbonyl (C=O) groups excluding carboxylic acids is 1. The zero-order chi connectivity index (χ0) is 15.0. The highest BCUT2D eigenvalue weighted by Crippen LogP contribution is 2.12. The average molecular weight is 300 g/mol. The Morgan fingerprint density at radius 2 is 2.10 bits per heavy atom. The molecule has 7 nitrogen and oxygen atoms in total. The van der Waals surface area contributed by atoms with Gasteiger partial charge < -0.3 is 10.6 Å². The second-order valence-corrected chi connectivity index (χ2v) is 5.85. The van der Waals surface area contributed by atoms with E-state index in [1.165, 1.54) is 18.3 Å². The molecule has 0 saturated heterocycles. The molecular weight excluding hydrogens is 280 g/mol. The lowest BCUT2D eigenvalue weighted by molar-refractivity contribution is -0.119. The SMILES string of the molecule is CCCNc1cc(S(=O)(=O)NCC(=O)NCC)ccn1. The minimum atomic E-state index is -3.71. The molecule has 8 heteroatoms. The first kappa shape index (κ1) is 16.4. The molecule has 1 amide bonds. The van der Waals surface area contributed by atoms with E-state index in [0.29, 0.717) is 18.9 Å². The number of carbonyl (C=O) groups is 1. The Morgan fingerprint density at radius 3 is 2.75 bits per heavy atom. The summed E-state index contributed by atoms with van der Waals surface area (Å²) in [6.45, 7) is 4.66. The Hall–Kier alpha value is -1.67. The van der Waals surface area contributed by atoms with Crippen LogP contribution in [0.3, 0.4) is 0 Å². The van der Waals surface area contributed by atoms with E-state index in [2.05, 4.69) is 20.3 Å². The number of rotatable bonds is 8. The van der Waals surface area contributed by atoms with Gasteiger partial charge in [-0.2, -0.15) is 0 Å². The number of aromatic nitrogens is 1. The van der Waals surface area contributed by atoms with Crippen LogP contribution in [0.5, 0.6) is 0 Å². The molecule has 0 spiro atoms. The van der Waals surface area contributed by atoms with Crippen molar-refractivity contribution in [3.8, 4) is 0 Å². The van der Waals surface area contributed by atoms with Gasteiger partial charge in [0.05, 0.1) is 11.4 Å². The van der Waals surface area contributed by atoms with Crippen molar-refractivity contribution in [3.05, 3.63) is 18.3 Å². The molecule has 0 unspecified atom stereocenters. The minimum Gasteiger partial charge on any atom is -0.370 e. The summed E-state index contributed by atoms with van der Waals surface area (Å²) in [5.74, 6) is 0.127. The van der Waals surface area contributed by atoms with E-state index in [0.717, 1.165) is 6.42 Å². The van der Waals surface area contributed by atoms with Crippen molar-refractivity contribution in [1.82, 2.24) is 15.0 Å². The summed E-state index contributed by atoms with van der Waals surface area (Å²) in [6, 6.07) is 2.83. The van der Waals surface area contributed by atoms with Crippen LogP contribution in [-0.2, 0) is 14.8 Å². The number of nitrogens with one attached hydrogen (secondary N) is 3. The fourth-order valence-corrected chi connectivity index (χ4v) is 2.43. The third-order valence-electron chi connectivity index (χ3n) is 2.39. The van der Waals surface area contributed by atoms with Crippen molar-refractivity contribution in [1.29, 1.82) is 0 Å². The molecule has 0 atom stereocenters. The zero-order valence-corrected chi connectivity index (χ0v) is 12.5. The summed E-state index contributed by atoms with van der Waals surface area (Å²) in [6.07, 6.45) is 2.33. The third kappa shape index (κ3) is 5.14. The van der Waals surface area contributed by atoms with E-state index < -0.39 is 10.0 Å². The fourth-order valence-electron chi connectivity index (χ4n) is 1.43. The van der Waals surface area contributed by atoms with Crippen LogP contribution in [0.4, 0.5) is 5.82 Å². The van der Waals surface area contributed by atoms with Gasteiger partial charge in [0.25, 0.3) is 0 Å². The Bertz CT molecular complexity index is 545. The third-order valence-corrected chi connectivity index (χ3v) is 3.79. The van der Waals surface area contributed by atoms with Crippen LogP contribution in [0.25, 0.3) is 0 Å². The molecule has 1 aromatic heterocycles. The van der Waals surface area contributed by atoms with Crippen molar-refractivity contribution in [3.63, 3.8) is 0 Å². The molecule has 0 radical (unpaired) electrons. The quantitative estimate of drug-likeness (QED) is 0.642. The van der Waals surface area contributed by atoms with E-state index >= 15 is 0 Å². The summed E-state index contributed by atoms with van der Waals surface area (Å²) in [4.78, 5) is 15.4. The maximum Gasteiger partial charge on any atom is 0.241 e. The molecule has 0 aliphatic carbocycles. The van der Waals surface area contributed by atoms with Gasteiger partial charge in [-0.05, 0) is 19.4 Å². The highest BCUT2D eigenvalue weighted by molar-refractivity contribution is 7.89. The Kier molecular flexibility index (Phi) is 6.40.